The molecule has 0 spiro atoms. The van der Waals surface area contributed by atoms with E-state index in [2.05, 4.69) is 50.9 Å². The summed E-state index contributed by atoms with van der Waals surface area (Å²) >= 11 is 7.74. The van der Waals surface area contributed by atoms with Gasteiger partial charge in [0.1, 0.15) is 0 Å². The second-order valence-electron chi connectivity index (χ2n) is 6.16. The van der Waals surface area contributed by atoms with Crippen LogP contribution in [0.1, 0.15) is 55.8 Å². The van der Waals surface area contributed by atoms with Gasteiger partial charge in [-0.25, -0.2) is 0 Å². The van der Waals surface area contributed by atoms with E-state index < -0.39 is 0 Å². The largest absolute Gasteiger partial charge is 0.490 e. The van der Waals surface area contributed by atoms with Crippen LogP contribution in [0.3, 0.4) is 0 Å². The van der Waals surface area contributed by atoms with Gasteiger partial charge in [0.25, 0.3) is 0 Å². The molecular weight excluding hydrogens is 396 g/mol. The van der Waals surface area contributed by atoms with Gasteiger partial charge in [0.15, 0.2) is 11.5 Å². The van der Waals surface area contributed by atoms with Crippen LogP contribution in [0.5, 0.6) is 11.5 Å². The van der Waals surface area contributed by atoms with Gasteiger partial charge < -0.3 is 9.47 Å². The van der Waals surface area contributed by atoms with Crippen molar-refractivity contribution in [2.75, 3.05) is 13.2 Å². The molecule has 1 aromatic carbocycles. The standard InChI is InChI=1S/C17H22Br2O2/c1-2-17(6-3-4-7-17)16(19)12-10-14-15(11-13(12)18)21-9-5-8-20-14/h10-11,16H,2-9H2,1H3. The SMILES string of the molecule is CCC1(C(Br)c2cc3c(cc2Br)OCCCO3)CCCC1. The number of hydrogen-bond acceptors (Lipinski definition) is 2. The lowest BCUT2D eigenvalue weighted by atomic mass is 9.77. The molecule has 0 amide bonds. The molecule has 1 aliphatic carbocycles. The van der Waals surface area contributed by atoms with E-state index in [1.165, 1.54) is 37.7 Å². The summed E-state index contributed by atoms with van der Waals surface area (Å²) in [6.45, 7) is 3.78. The van der Waals surface area contributed by atoms with Gasteiger partial charge in [0.05, 0.1) is 13.2 Å². The first-order valence-corrected chi connectivity index (χ1v) is 9.60. The van der Waals surface area contributed by atoms with Crippen LogP contribution in [0.4, 0.5) is 0 Å². The first-order valence-electron chi connectivity index (χ1n) is 7.89. The third kappa shape index (κ3) is 2.98. The quantitative estimate of drug-likeness (QED) is 0.560. The lowest BCUT2D eigenvalue weighted by Gasteiger charge is -2.34. The van der Waals surface area contributed by atoms with E-state index >= 15 is 0 Å². The molecule has 116 valence electrons. The molecule has 0 bridgehead atoms. The van der Waals surface area contributed by atoms with E-state index in [0.29, 0.717) is 10.2 Å². The highest BCUT2D eigenvalue weighted by Crippen LogP contribution is 2.56. The van der Waals surface area contributed by atoms with Crippen molar-refractivity contribution in [1.82, 2.24) is 0 Å². The van der Waals surface area contributed by atoms with Crippen LogP contribution in [0, 0.1) is 5.41 Å². The summed E-state index contributed by atoms with van der Waals surface area (Å²) in [5.41, 5.74) is 1.67. The van der Waals surface area contributed by atoms with Gasteiger partial charge >= 0.3 is 0 Å². The van der Waals surface area contributed by atoms with E-state index in [9.17, 15) is 0 Å². The molecule has 1 aliphatic heterocycles. The molecule has 0 N–H and O–H groups in total. The van der Waals surface area contributed by atoms with Crippen molar-refractivity contribution < 1.29 is 9.47 Å². The van der Waals surface area contributed by atoms with E-state index in [1.807, 2.05) is 0 Å². The van der Waals surface area contributed by atoms with Gasteiger partial charge in [0, 0.05) is 15.7 Å². The zero-order valence-corrected chi connectivity index (χ0v) is 15.6. The highest BCUT2D eigenvalue weighted by Gasteiger charge is 2.40. The summed E-state index contributed by atoms with van der Waals surface area (Å²) in [4.78, 5) is 0.365. The predicted molar refractivity (Wildman–Crippen MR) is 92.6 cm³/mol. The number of fused-ring (bicyclic) bond motifs is 1. The molecule has 3 rings (SSSR count). The topological polar surface area (TPSA) is 18.5 Å². The van der Waals surface area contributed by atoms with Crippen LogP contribution in [0.2, 0.25) is 0 Å². The van der Waals surface area contributed by atoms with Crippen LogP contribution >= 0.6 is 31.9 Å². The molecule has 1 fully saturated rings. The second-order valence-corrected chi connectivity index (χ2v) is 7.93. The number of hydrogen-bond donors (Lipinski definition) is 0. The van der Waals surface area contributed by atoms with Crippen LogP contribution in [0.25, 0.3) is 0 Å². The van der Waals surface area contributed by atoms with Gasteiger partial charge in [-0.05, 0) is 42.4 Å². The van der Waals surface area contributed by atoms with Gasteiger partial charge in [0.2, 0.25) is 0 Å². The molecule has 2 nitrogen and oxygen atoms in total. The molecule has 1 unspecified atom stereocenters. The van der Waals surface area contributed by atoms with Gasteiger partial charge in [-0.2, -0.15) is 0 Å². The zero-order chi connectivity index (χ0) is 14.9. The summed E-state index contributed by atoms with van der Waals surface area (Å²) in [6, 6.07) is 4.24. The maximum Gasteiger partial charge on any atom is 0.162 e. The average molecular weight is 418 g/mol. The highest BCUT2D eigenvalue weighted by molar-refractivity contribution is 9.11. The van der Waals surface area contributed by atoms with E-state index in [4.69, 9.17) is 9.47 Å². The molecule has 0 radical (unpaired) electrons. The van der Waals surface area contributed by atoms with Gasteiger partial charge in [-0.3, -0.25) is 0 Å². The molecule has 1 saturated carbocycles. The lowest BCUT2D eigenvalue weighted by Crippen LogP contribution is -2.21. The average Bonchev–Trinajstić information content (AvgIpc) is 2.87. The monoisotopic (exact) mass is 416 g/mol. The fourth-order valence-corrected chi connectivity index (χ4v) is 5.61. The van der Waals surface area contributed by atoms with Crippen molar-refractivity contribution in [1.29, 1.82) is 0 Å². The first kappa shape index (κ1) is 15.7. The van der Waals surface area contributed by atoms with Crippen LogP contribution in [0.15, 0.2) is 16.6 Å². The molecule has 21 heavy (non-hydrogen) atoms. The fraction of sp³-hybridized carbons (Fsp3) is 0.647. The van der Waals surface area contributed by atoms with Crippen molar-refractivity contribution in [3.8, 4) is 11.5 Å². The van der Waals surface area contributed by atoms with E-state index in [0.717, 1.165) is 35.6 Å². The smallest absolute Gasteiger partial charge is 0.162 e. The normalized spacial score (nSPS) is 21.9. The van der Waals surface area contributed by atoms with Crippen LogP contribution in [-0.4, -0.2) is 13.2 Å². The minimum Gasteiger partial charge on any atom is -0.490 e. The number of rotatable bonds is 3. The lowest BCUT2D eigenvalue weighted by molar-refractivity contribution is 0.277. The summed E-state index contributed by atoms with van der Waals surface area (Å²) in [7, 11) is 0. The molecular formula is C17H22Br2O2. The summed E-state index contributed by atoms with van der Waals surface area (Å²) < 4.78 is 12.7. The molecule has 0 aromatic heterocycles. The highest BCUT2D eigenvalue weighted by atomic mass is 79.9. The van der Waals surface area contributed by atoms with Crippen molar-refractivity contribution in [3.63, 3.8) is 0 Å². The summed E-state index contributed by atoms with van der Waals surface area (Å²) in [6.07, 6.45) is 7.46. The zero-order valence-electron chi connectivity index (χ0n) is 12.5. The Morgan fingerprint density at radius 1 is 1.10 bits per heavy atom. The molecule has 4 heteroatoms. The first-order chi connectivity index (χ1) is 10.2. The Morgan fingerprint density at radius 2 is 1.71 bits per heavy atom. The van der Waals surface area contributed by atoms with Gasteiger partial charge in [-0.15, -0.1) is 0 Å². The van der Waals surface area contributed by atoms with E-state index in [1.54, 1.807) is 0 Å². The Kier molecular flexibility index (Phi) is 4.84. The molecule has 1 aromatic rings. The number of benzene rings is 1. The second kappa shape index (κ2) is 6.49. The summed E-state index contributed by atoms with van der Waals surface area (Å²) in [5, 5.41) is 0. The third-order valence-electron chi connectivity index (χ3n) is 4.98. The number of ether oxygens (including phenoxy) is 2. The minimum absolute atomic E-state index is 0.365. The van der Waals surface area contributed by atoms with Crippen molar-refractivity contribution >= 4 is 31.9 Å². The maximum atomic E-state index is 5.86. The number of alkyl halides is 1. The Labute approximate surface area is 143 Å². The summed E-state index contributed by atoms with van der Waals surface area (Å²) in [5.74, 6) is 1.75. The van der Waals surface area contributed by atoms with E-state index in [-0.39, 0.29) is 0 Å². The van der Waals surface area contributed by atoms with Gasteiger partial charge in [-0.1, -0.05) is 51.6 Å². The van der Waals surface area contributed by atoms with Crippen molar-refractivity contribution in [2.45, 2.75) is 50.3 Å². The maximum absolute atomic E-state index is 5.86. The predicted octanol–water partition coefficient (Wildman–Crippen LogP) is 6.02. The Balaban J connectivity index is 1.96. The minimum atomic E-state index is 0.365. The van der Waals surface area contributed by atoms with Crippen molar-refractivity contribution in [2.24, 2.45) is 5.41 Å². The van der Waals surface area contributed by atoms with Crippen LogP contribution < -0.4 is 9.47 Å². The molecule has 0 saturated heterocycles. The molecule has 2 aliphatic rings. The Hall–Kier alpha value is -0.220. The number of halogens is 2. The van der Waals surface area contributed by atoms with Crippen molar-refractivity contribution in [3.05, 3.63) is 22.2 Å². The van der Waals surface area contributed by atoms with Crippen LogP contribution in [-0.2, 0) is 0 Å². The molecule has 1 heterocycles. The fourth-order valence-electron chi connectivity index (χ4n) is 3.59. The Morgan fingerprint density at radius 3 is 2.33 bits per heavy atom. The third-order valence-corrected chi connectivity index (χ3v) is 7.13. The Bertz CT molecular complexity index is 510. The molecule has 1 atom stereocenters.